The number of rotatable bonds is 6. The lowest BCUT2D eigenvalue weighted by Gasteiger charge is -2.17. The summed E-state index contributed by atoms with van der Waals surface area (Å²) < 4.78 is 0. The number of amides is 2. The van der Waals surface area contributed by atoms with E-state index in [4.69, 9.17) is 0 Å². The molecule has 130 valence electrons. The monoisotopic (exact) mass is 336 g/mol. The van der Waals surface area contributed by atoms with Gasteiger partial charge in [-0.2, -0.15) is 0 Å². The fourth-order valence-corrected chi connectivity index (χ4v) is 3.19. The summed E-state index contributed by atoms with van der Waals surface area (Å²) in [6.45, 7) is 3.53. The SMILES string of the molecule is CC(CCNC(=O)c1cccc(N2CCCC2=O)c1)c1ccccc1. The quantitative estimate of drug-likeness (QED) is 0.874. The first-order chi connectivity index (χ1) is 12.1. The second-order valence-electron chi connectivity index (χ2n) is 6.56. The van der Waals surface area contributed by atoms with Crippen molar-refractivity contribution >= 4 is 17.5 Å². The molecule has 0 saturated carbocycles. The Morgan fingerprint density at radius 3 is 2.68 bits per heavy atom. The standard InChI is InChI=1S/C21H24N2O2/c1-16(17-7-3-2-4-8-17)12-13-22-21(25)18-9-5-10-19(15-18)23-14-6-11-20(23)24/h2-5,7-10,15-16H,6,11-14H2,1H3,(H,22,25). The molecule has 4 heteroatoms. The summed E-state index contributed by atoms with van der Waals surface area (Å²) in [6.07, 6.45) is 2.36. The molecule has 0 spiro atoms. The Balaban J connectivity index is 1.55. The van der Waals surface area contributed by atoms with E-state index < -0.39 is 0 Å². The van der Waals surface area contributed by atoms with Crippen LogP contribution in [0.1, 0.15) is 48.0 Å². The van der Waals surface area contributed by atoms with Gasteiger partial charge in [0.2, 0.25) is 5.91 Å². The summed E-state index contributed by atoms with van der Waals surface area (Å²) in [7, 11) is 0. The molecule has 0 radical (unpaired) electrons. The molecule has 1 unspecified atom stereocenters. The van der Waals surface area contributed by atoms with Gasteiger partial charge >= 0.3 is 0 Å². The lowest BCUT2D eigenvalue weighted by Crippen LogP contribution is -2.27. The molecular formula is C21H24N2O2. The molecule has 1 fully saturated rings. The number of nitrogens with one attached hydrogen (secondary N) is 1. The minimum atomic E-state index is -0.0891. The molecule has 2 aromatic rings. The average Bonchev–Trinajstić information content (AvgIpc) is 3.08. The summed E-state index contributed by atoms with van der Waals surface area (Å²) in [6, 6.07) is 17.6. The predicted molar refractivity (Wildman–Crippen MR) is 99.8 cm³/mol. The summed E-state index contributed by atoms with van der Waals surface area (Å²) in [5, 5.41) is 2.99. The Hall–Kier alpha value is -2.62. The van der Waals surface area contributed by atoms with Crippen LogP contribution in [0.2, 0.25) is 0 Å². The molecule has 3 rings (SSSR count). The van der Waals surface area contributed by atoms with E-state index in [1.165, 1.54) is 5.56 Å². The summed E-state index contributed by atoms with van der Waals surface area (Å²) >= 11 is 0. The third kappa shape index (κ3) is 4.27. The first kappa shape index (κ1) is 17.2. The predicted octanol–water partition coefficient (Wildman–Crippen LogP) is 3.74. The van der Waals surface area contributed by atoms with Gasteiger partial charge in [0.25, 0.3) is 5.91 Å². The van der Waals surface area contributed by atoms with E-state index in [1.807, 2.05) is 30.3 Å². The smallest absolute Gasteiger partial charge is 0.251 e. The largest absolute Gasteiger partial charge is 0.352 e. The average molecular weight is 336 g/mol. The lowest BCUT2D eigenvalue weighted by molar-refractivity contribution is -0.117. The van der Waals surface area contributed by atoms with Gasteiger partial charge in [-0.25, -0.2) is 0 Å². The maximum Gasteiger partial charge on any atom is 0.251 e. The zero-order valence-electron chi connectivity index (χ0n) is 14.6. The van der Waals surface area contributed by atoms with E-state index in [0.29, 0.717) is 24.4 Å². The van der Waals surface area contributed by atoms with Crippen LogP contribution in [-0.2, 0) is 4.79 Å². The molecule has 2 amide bonds. The maximum atomic E-state index is 12.4. The van der Waals surface area contributed by atoms with E-state index in [9.17, 15) is 9.59 Å². The number of hydrogen-bond donors (Lipinski definition) is 1. The van der Waals surface area contributed by atoms with Crippen LogP contribution >= 0.6 is 0 Å². The van der Waals surface area contributed by atoms with Crippen LogP contribution in [-0.4, -0.2) is 24.9 Å². The Labute approximate surface area is 148 Å². The zero-order chi connectivity index (χ0) is 17.6. The van der Waals surface area contributed by atoms with Crippen molar-refractivity contribution in [2.24, 2.45) is 0 Å². The van der Waals surface area contributed by atoms with Crippen LogP contribution in [0, 0.1) is 0 Å². The second-order valence-corrected chi connectivity index (χ2v) is 6.56. The molecule has 1 atom stereocenters. The molecule has 1 aliphatic rings. The number of nitrogens with zero attached hydrogens (tertiary/aromatic N) is 1. The van der Waals surface area contributed by atoms with E-state index in [-0.39, 0.29) is 11.8 Å². The molecule has 2 aromatic carbocycles. The fourth-order valence-electron chi connectivity index (χ4n) is 3.19. The molecule has 0 aliphatic carbocycles. The Bertz CT molecular complexity index is 743. The van der Waals surface area contributed by atoms with Gasteiger partial charge in [-0.15, -0.1) is 0 Å². The third-order valence-electron chi connectivity index (χ3n) is 4.72. The molecule has 1 heterocycles. The minimum Gasteiger partial charge on any atom is -0.352 e. The van der Waals surface area contributed by atoms with Crippen LogP contribution in [0.15, 0.2) is 54.6 Å². The fraction of sp³-hybridized carbons (Fsp3) is 0.333. The molecule has 1 N–H and O–H groups in total. The number of benzene rings is 2. The topological polar surface area (TPSA) is 49.4 Å². The van der Waals surface area contributed by atoms with Crippen LogP contribution in [0.25, 0.3) is 0 Å². The summed E-state index contributed by atoms with van der Waals surface area (Å²) in [4.78, 5) is 26.0. The van der Waals surface area contributed by atoms with Crippen LogP contribution in [0.5, 0.6) is 0 Å². The van der Waals surface area contributed by atoms with Gasteiger partial charge in [0, 0.05) is 30.8 Å². The van der Waals surface area contributed by atoms with Crippen LogP contribution in [0.3, 0.4) is 0 Å². The minimum absolute atomic E-state index is 0.0891. The summed E-state index contributed by atoms with van der Waals surface area (Å²) in [5.41, 5.74) is 2.70. The molecule has 0 aromatic heterocycles. The second kappa shape index (κ2) is 7.97. The van der Waals surface area contributed by atoms with Crippen molar-refractivity contribution < 1.29 is 9.59 Å². The van der Waals surface area contributed by atoms with Gasteiger partial charge in [0.15, 0.2) is 0 Å². The number of carbonyl (C=O) groups excluding carboxylic acids is 2. The van der Waals surface area contributed by atoms with Gasteiger partial charge in [-0.3, -0.25) is 9.59 Å². The van der Waals surface area contributed by atoms with Gasteiger partial charge in [-0.1, -0.05) is 43.3 Å². The van der Waals surface area contributed by atoms with Crippen LogP contribution < -0.4 is 10.2 Å². The highest BCUT2D eigenvalue weighted by atomic mass is 16.2. The van der Waals surface area contributed by atoms with Crippen LogP contribution in [0.4, 0.5) is 5.69 Å². The van der Waals surface area contributed by atoms with Gasteiger partial charge in [0.05, 0.1) is 0 Å². The number of anilines is 1. The molecule has 4 nitrogen and oxygen atoms in total. The first-order valence-electron chi connectivity index (χ1n) is 8.89. The molecule has 25 heavy (non-hydrogen) atoms. The van der Waals surface area contributed by atoms with Crippen molar-refractivity contribution in [1.29, 1.82) is 0 Å². The lowest BCUT2D eigenvalue weighted by atomic mass is 9.98. The maximum absolute atomic E-state index is 12.4. The Morgan fingerprint density at radius 2 is 1.96 bits per heavy atom. The first-order valence-corrected chi connectivity index (χ1v) is 8.89. The van der Waals surface area contributed by atoms with Crippen molar-refractivity contribution in [2.75, 3.05) is 18.0 Å². The third-order valence-corrected chi connectivity index (χ3v) is 4.72. The van der Waals surface area contributed by atoms with Crippen molar-refractivity contribution in [3.8, 4) is 0 Å². The van der Waals surface area contributed by atoms with Crippen molar-refractivity contribution in [3.05, 3.63) is 65.7 Å². The van der Waals surface area contributed by atoms with Gasteiger partial charge in [-0.05, 0) is 42.5 Å². The van der Waals surface area contributed by atoms with Gasteiger partial charge < -0.3 is 10.2 Å². The highest BCUT2D eigenvalue weighted by Gasteiger charge is 2.22. The van der Waals surface area contributed by atoms with Gasteiger partial charge in [0.1, 0.15) is 0 Å². The van der Waals surface area contributed by atoms with E-state index in [1.54, 1.807) is 17.0 Å². The molecular weight excluding hydrogens is 312 g/mol. The highest BCUT2D eigenvalue weighted by molar-refractivity contribution is 5.99. The van der Waals surface area contributed by atoms with Crippen molar-refractivity contribution in [1.82, 2.24) is 5.32 Å². The number of carbonyl (C=O) groups is 2. The van der Waals surface area contributed by atoms with E-state index in [2.05, 4.69) is 24.4 Å². The normalized spacial score (nSPS) is 15.2. The Morgan fingerprint density at radius 1 is 1.16 bits per heavy atom. The molecule has 1 aliphatic heterocycles. The van der Waals surface area contributed by atoms with Crippen molar-refractivity contribution in [3.63, 3.8) is 0 Å². The zero-order valence-corrected chi connectivity index (χ0v) is 14.6. The number of hydrogen-bond acceptors (Lipinski definition) is 2. The Kier molecular flexibility index (Phi) is 5.49. The highest BCUT2D eigenvalue weighted by Crippen LogP contribution is 2.22. The van der Waals surface area contributed by atoms with Crippen molar-refractivity contribution in [2.45, 2.75) is 32.1 Å². The molecule has 0 bridgehead atoms. The molecule has 1 saturated heterocycles. The van der Waals surface area contributed by atoms with E-state index in [0.717, 1.165) is 25.1 Å². The van der Waals surface area contributed by atoms with E-state index >= 15 is 0 Å². The summed E-state index contributed by atoms with van der Waals surface area (Å²) in [5.74, 6) is 0.443.